The third-order valence-corrected chi connectivity index (χ3v) is 4.89. The molecular formula is C20H30N4O. The summed E-state index contributed by atoms with van der Waals surface area (Å²) in [5.74, 6) is 1.20. The molecule has 0 aliphatic heterocycles. The molecule has 25 heavy (non-hydrogen) atoms. The van der Waals surface area contributed by atoms with Crippen LogP contribution in [-0.2, 0) is 4.74 Å². The van der Waals surface area contributed by atoms with Gasteiger partial charge in [-0.2, -0.15) is 0 Å². The first-order valence-corrected chi connectivity index (χ1v) is 8.88. The molecule has 0 amide bonds. The summed E-state index contributed by atoms with van der Waals surface area (Å²) in [6.45, 7) is 10.9. The summed E-state index contributed by atoms with van der Waals surface area (Å²) in [6, 6.07) is 0. The van der Waals surface area contributed by atoms with Crippen LogP contribution in [0.2, 0.25) is 0 Å². The molecule has 3 N–H and O–H groups in total. The third-order valence-electron chi connectivity index (χ3n) is 4.89. The van der Waals surface area contributed by atoms with E-state index in [2.05, 4.69) is 35.5 Å². The van der Waals surface area contributed by atoms with Gasteiger partial charge in [0.25, 0.3) is 0 Å². The predicted molar refractivity (Wildman–Crippen MR) is 105 cm³/mol. The fourth-order valence-electron chi connectivity index (χ4n) is 3.48. The minimum absolute atomic E-state index is 0.146. The van der Waals surface area contributed by atoms with Crippen molar-refractivity contribution < 1.29 is 4.74 Å². The number of fused-ring (bicyclic) bond motifs is 2. The van der Waals surface area contributed by atoms with Crippen LogP contribution < -0.4 is 5.73 Å². The van der Waals surface area contributed by atoms with E-state index in [1.54, 1.807) is 7.11 Å². The number of guanidine groups is 1. The molecule has 2 rings (SSSR count). The molecular weight excluding hydrogens is 312 g/mol. The molecule has 0 aromatic rings. The van der Waals surface area contributed by atoms with Crippen molar-refractivity contribution in [3.8, 4) is 0 Å². The zero-order chi connectivity index (χ0) is 18.4. The van der Waals surface area contributed by atoms with Gasteiger partial charge < -0.3 is 10.5 Å². The Morgan fingerprint density at radius 3 is 2.92 bits per heavy atom. The summed E-state index contributed by atoms with van der Waals surface area (Å²) in [4.78, 5) is 6.56. The van der Waals surface area contributed by atoms with Gasteiger partial charge in [-0.1, -0.05) is 19.1 Å². The van der Waals surface area contributed by atoms with E-state index < -0.39 is 0 Å². The molecule has 0 saturated heterocycles. The van der Waals surface area contributed by atoms with Crippen molar-refractivity contribution in [2.24, 2.45) is 16.6 Å². The molecule has 5 nitrogen and oxygen atoms in total. The number of methoxy groups -OCH3 is 1. The second kappa shape index (κ2) is 8.81. The zero-order valence-corrected chi connectivity index (χ0v) is 15.6. The number of nitrogens with one attached hydrogen (secondary N) is 1. The summed E-state index contributed by atoms with van der Waals surface area (Å²) in [5, 5.41) is 7.40. The third kappa shape index (κ3) is 4.92. The molecule has 1 atom stereocenters. The van der Waals surface area contributed by atoms with Gasteiger partial charge in [0.05, 0.1) is 7.11 Å². The molecule has 0 saturated carbocycles. The number of nitrogens with two attached hydrogens (primary N) is 1. The summed E-state index contributed by atoms with van der Waals surface area (Å²) >= 11 is 0. The standard InChI is InChI=1S/C20H30N4O/c1-5-7-8-24(6-2)13-18-12-19(25-4)17-10-15(9-16(18)11-17)14(3)23-20(21)22/h5,9,12,16H,1,6-8,10-11,13H2,2-4H3,(H3,21,22). The van der Waals surface area contributed by atoms with Crippen molar-refractivity contribution in [2.45, 2.75) is 33.1 Å². The number of allylic oxidation sites excluding steroid dienone is 4. The van der Waals surface area contributed by atoms with Crippen LogP contribution in [0.15, 0.2) is 52.3 Å². The normalized spacial score (nSPS) is 20.3. The van der Waals surface area contributed by atoms with Gasteiger partial charge in [-0.15, -0.1) is 6.58 Å². The van der Waals surface area contributed by atoms with Gasteiger partial charge in [0.1, 0.15) is 5.76 Å². The molecule has 1 unspecified atom stereocenters. The first-order chi connectivity index (χ1) is 12.0. The number of rotatable bonds is 8. The maximum absolute atomic E-state index is 7.40. The topological polar surface area (TPSA) is 74.7 Å². The highest BCUT2D eigenvalue weighted by molar-refractivity contribution is 6.05. The van der Waals surface area contributed by atoms with E-state index in [9.17, 15) is 0 Å². The fourth-order valence-corrected chi connectivity index (χ4v) is 3.48. The number of nitrogens with zero attached hydrogens (tertiary/aromatic N) is 2. The van der Waals surface area contributed by atoms with E-state index >= 15 is 0 Å². The molecule has 5 heteroatoms. The Morgan fingerprint density at radius 1 is 1.56 bits per heavy atom. The lowest BCUT2D eigenvalue weighted by Crippen LogP contribution is -2.30. The van der Waals surface area contributed by atoms with Gasteiger partial charge in [0.15, 0.2) is 0 Å². The van der Waals surface area contributed by atoms with Gasteiger partial charge in [-0.05, 0) is 55.5 Å². The maximum atomic E-state index is 7.40. The van der Waals surface area contributed by atoms with E-state index in [-0.39, 0.29) is 5.96 Å². The van der Waals surface area contributed by atoms with E-state index in [4.69, 9.17) is 15.9 Å². The quantitative estimate of drug-likeness (QED) is 0.403. The number of ether oxygens (including phenoxy) is 1. The Labute approximate surface area is 151 Å². The average Bonchev–Trinajstić information content (AvgIpc) is 2.59. The Balaban J connectivity index is 2.28. The number of hydrogen-bond donors (Lipinski definition) is 2. The van der Waals surface area contributed by atoms with Crippen molar-refractivity contribution in [1.82, 2.24) is 4.90 Å². The first-order valence-electron chi connectivity index (χ1n) is 8.88. The Bertz CT molecular complexity index is 655. The minimum Gasteiger partial charge on any atom is -0.497 e. The molecule has 136 valence electrons. The predicted octanol–water partition coefficient (Wildman–Crippen LogP) is 3.42. The van der Waals surface area contributed by atoms with E-state index in [1.165, 1.54) is 11.1 Å². The Morgan fingerprint density at radius 2 is 2.32 bits per heavy atom. The highest BCUT2D eigenvalue weighted by Gasteiger charge is 2.28. The smallest absolute Gasteiger partial charge is 0.212 e. The van der Waals surface area contributed by atoms with Gasteiger partial charge in [0.2, 0.25) is 5.96 Å². The maximum Gasteiger partial charge on any atom is 0.212 e. The molecule has 0 spiro atoms. The lowest BCUT2D eigenvalue weighted by Gasteiger charge is -2.33. The zero-order valence-electron chi connectivity index (χ0n) is 15.6. The largest absolute Gasteiger partial charge is 0.497 e. The highest BCUT2D eigenvalue weighted by Crippen LogP contribution is 2.39. The molecule has 0 heterocycles. The van der Waals surface area contributed by atoms with Crippen molar-refractivity contribution >= 4 is 11.7 Å². The summed E-state index contributed by atoms with van der Waals surface area (Å²) < 4.78 is 5.65. The minimum atomic E-state index is -0.146. The van der Waals surface area contributed by atoms with Crippen LogP contribution >= 0.6 is 0 Å². The van der Waals surface area contributed by atoms with Crippen LogP contribution in [0.4, 0.5) is 0 Å². The van der Waals surface area contributed by atoms with Crippen LogP contribution in [-0.4, -0.2) is 43.3 Å². The monoisotopic (exact) mass is 342 g/mol. The highest BCUT2D eigenvalue weighted by atomic mass is 16.5. The van der Waals surface area contributed by atoms with Crippen LogP contribution in [0, 0.1) is 11.3 Å². The Hall–Kier alpha value is -2.14. The SMILES string of the molecule is C=CCCN(CC)CC1=CC(OC)=C2CC(C(C)=NC(=N)N)=CC1C2. The summed E-state index contributed by atoms with van der Waals surface area (Å²) in [6.07, 6.45) is 9.30. The van der Waals surface area contributed by atoms with Crippen LogP contribution in [0.1, 0.15) is 33.1 Å². The molecule has 0 fully saturated rings. The summed E-state index contributed by atoms with van der Waals surface area (Å²) in [5.41, 5.74) is 10.1. The van der Waals surface area contributed by atoms with Gasteiger partial charge >= 0.3 is 0 Å². The lowest BCUT2D eigenvalue weighted by molar-refractivity contribution is 0.283. The van der Waals surface area contributed by atoms with Gasteiger partial charge in [0, 0.05) is 24.7 Å². The number of likely N-dealkylation sites (N-methyl/N-ethyl adjacent to an activating group) is 1. The van der Waals surface area contributed by atoms with E-state index in [0.29, 0.717) is 5.92 Å². The number of hydrogen-bond acceptors (Lipinski definition) is 3. The van der Waals surface area contributed by atoms with Crippen molar-refractivity contribution in [1.29, 1.82) is 5.41 Å². The molecule has 0 radical (unpaired) electrons. The van der Waals surface area contributed by atoms with Crippen molar-refractivity contribution in [3.05, 3.63) is 47.3 Å². The molecule has 2 bridgehead atoms. The second-order valence-corrected chi connectivity index (χ2v) is 6.60. The average molecular weight is 342 g/mol. The first kappa shape index (κ1) is 19.2. The fraction of sp³-hybridized carbons (Fsp3) is 0.500. The molecule has 0 aromatic carbocycles. The van der Waals surface area contributed by atoms with Crippen LogP contribution in [0.5, 0.6) is 0 Å². The van der Waals surface area contributed by atoms with Crippen molar-refractivity contribution in [2.75, 3.05) is 26.7 Å². The molecule has 0 aromatic heterocycles. The van der Waals surface area contributed by atoms with Crippen molar-refractivity contribution in [3.63, 3.8) is 0 Å². The van der Waals surface area contributed by atoms with Crippen LogP contribution in [0.3, 0.4) is 0 Å². The molecule has 2 aliphatic rings. The Kier molecular flexibility index (Phi) is 6.76. The van der Waals surface area contributed by atoms with Gasteiger partial charge in [-0.3, -0.25) is 10.3 Å². The lowest BCUT2D eigenvalue weighted by atomic mass is 9.77. The number of aliphatic imine (C=N–C) groups is 1. The van der Waals surface area contributed by atoms with E-state index in [1.807, 2.05) is 13.0 Å². The molecule has 2 aliphatic carbocycles. The summed E-state index contributed by atoms with van der Waals surface area (Å²) in [7, 11) is 1.74. The van der Waals surface area contributed by atoms with E-state index in [0.717, 1.165) is 55.9 Å². The van der Waals surface area contributed by atoms with Gasteiger partial charge in [-0.25, -0.2) is 4.99 Å². The van der Waals surface area contributed by atoms with Crippen LogP contribution in [0.25, 0.3) is 0 Å². The second-order valence-electron chi connectivity index (χ2n) is 6.60.